The third-order valence-electron chi connectivity index (χ3n) is 2.89. The van der Waals surface area contributed by atoms with Gasteiger partial charge in [0.05, 0.1) is 12.2 Å². The summed E-state index contributed by atoms with van der Waals surface area (Å²) < 4.78 is 0. The van der Waals surface area contributed by atoms with Gasteiger partial charge in [-0.3, -0.25) is 9.89 Å². The molecule has 2 atom stereocenters. The molecule has 0 aliphatic rings. The van der Waals surface area contributed by atoms with Gasteiger partial charge in [0.15, 0.2) is 0 Å². The number of nitrogens with one attached hydrogen (secondary N) is 1. The fourth-order valence-electron chi connectivity index (χ4n) is 1.47. The number of nitrogens with two attached hydrogens (primary N) is 1. The van der Waals surface area contributed by atoms with E-state index < -0.39 is 6.04 Å². The van der Waals surface area contributed by atoms with Crippen LogP contribution in [0.3, 0.4) is 0 Å². The summed E-state index contributed by atoms with van der Waals surface area (Å²) in [4.78, 5) is 13.6. The van der Waals surface area contributed by atoms with Gasteiger partial charge in [0.25, 0.3) is 0 Å². The number of nitrogens with zero attached hydrogens (tertiary/aromatic N) is 2. The molecule has 1 aromatic heterocycles. The van der Waals surface area contributed by atoms with Crippen LogP contribution in [0.1, 0.15) is 25.8 Å². The molecule has 90 valence electrons. The number of H-pyrrole nitrogens is 1. The topological polar surface area (TPSA) is 75.0 Å². The minimum Gasteiger partial charge on any atom is -0.340 e. The number of amides is 1. The third-order valence-corrected chi connectivity index (χ3v) is 2.89. The van der Waals surface area contributed by atoms with Crippen LogP contribution in [0, 0.1) is 5.92 Å². The monoisotopic (exact) mass is 224 g/mol. The van der Waals surface area contributed by atoms with Crippen molar-refractivity contribution in [3.63, 3.8) is 0 Å². The zero-order valence-corrected chi connectivity index (χ0v) is 10.1. The molecule has 1 heterocycles. The summed E-state index contributed by atoms with van der Waals surface area (Å²) in [6.07, 6.45) is 4.39. The van der Waals surface area contributed by atoms with Gasteiger partial charge in [-0.2, -0.15) is 5.10 Å². The number of carbonyl (C=O) groups excluding carboxylic acids is 1. The zero-order valence-electron chi connectivity index (χ0n) is 10.1. The van der Waals surface area contributed by atoms with Gasteiger partial charge >= 0.3 is 0 Å². The molecule has 16 heavy (non-hydrogen) atoms. The summed E-state index contributed by atoms with van der Waals surface area (Å²) in [7, 11) is 1.76. The Bertz CT molecular complexity index is 323. The van der Waals surface area contributed by atoms with Crippen LogP contribution >= 0.6 is 0 Å². The molecule has 0 aromatic carbocycles. The maximum Gasteiger partial charge on any atom is 0.239 e. The number of carbonyl (C=O) groups is 1. The van der Waals surface area contributed by atoms with Crippen molar-refractivity contribution in [3.05, 3.63) is 18.0 Å². The maximum atomic E-state index is 11.9. The Hall–Kier alpha value is -1.36. The van der Waals surface area contributed by atoms with E-state index in [1.807, 2.05) is 13.8 Å². The van der Waals surface area contributed by atoms with Crippen LogP contribution in [0.5, 0.6) is 0 Å². The van der Waals surface area contributed by atoms with Gasteiger partial charge in [0.2, 0.25) is 5.91 Å². The highest BCUT2D eigenvalue weighted by Gasteiger charge is 2.22. The molecule has 5 nitrogen and oxygen atoms in total. The Kier molecular flexibility index (Phi) is 4.49. The molecule has 1 amide bonds. The fourth-order valence-corrected chi connectivity index (χ4v) is 1.47. The lowest BCUT2D eigenvalue weighted by molar-refractivity contribution is -0.132. The molecule has 0 aliphatic heterocycles. The van der Waals surface area contributed by atoms with E-state index in [0.29, 0.717) is 6.54 Å². The number of rotatable bonds is 5. The van der Waals surface area contributed by atoms with Crippen molar-refractivity contribution in [1.82, 2.24) is 15.1 Å². The van der Waals surface area contributed by atoms with E-state index in [2.05, 4.69) is 10.2 Å². The van der Waals surface area contributed by atoms with E-state index >= 15 is 0 Å². The van der Waals surface area contributed by atoms with Crippen LogP contribution in [0.2, 0.25) is 0 Å². The Morgan fingerprint density at radius 3 is 2.88 bits per heavy atom. The van der Waals surface area contributed by atoms with E-state index in [-0.39, 0.29) is 11.8 Å². The van der Waals surface area contributed by atoms with Gasteiger partial charge < -0.3 is 10.6 Å². The number of hydrogen-bond donors (Lipinski definition) is 2. The van der Waals surface area contributed by atoms with Crippen LogP contribution in [-0.2, 0) is 11.3 Å². The molecule has 0 radical (unpaired) electrons. The molecule has 1 aromatic rings. The molecular weight excluding hydrogens is 204 g/mol. The lowest BCUT2D eigenvalue weighted by atomic mass is 9.99. The highest BCUT2D eigenvalue weighted by Crippen LogP contribution is 2.09. The van der Waals surface area contributed by atoms with Gasteiger partial charge in [-0.15, -0.1) is 0 Å². The summed E-state index contributed by atoms with van der Waals surface area (Å²) in [5, 5.41) is 6.55. The number of likely N-dealkylation sites (N-methyl/N-ethyl adjacent to an activating group) is 1. The number of aromatic nitrogens is 2. The molecule has 0 aliphatic carbocycles. The minimum absolute atomic E-state index is 0.0180. The molecule has 5 heteroatoms. The third kappa shape index (κ3) is 3.06. The van der Waals surface area contributed by atoms with Crippen LogP contribution in [-0.4, -0.2) is 34.1 Å². The van der Waals surface area contributed by atoms with E-state index in [9.17, 15) is 4.79 Å². The van der Waals surface area contributed by atoms with Crippen LogP contribution in [0.15, 0.2) is 12.4 Å². The smallest absolute Gasteiger partial charge is 0.239 e. The van der Waals surface area contributed by atoms with Crippen molar-refractivity contribution >= 4 is 5.91 Å². The minimum atomic E-state index is -0.415. The second-order valence-electron chi connectivity index (χ2n) is 4.21. The molecule has 0 saturated heterocycles. The standard InChI is InChI=1S/C11H20N4O/c1-4-8(2)10(12)11(16)15(3)7-9-5-13-14-6-9/h5-6,8,10H,4,7,12H2,1-3H3,(H,13,14). The molecule has 1 rings (SSSR count). The van der Waals surface area contributed by atoms with E-state index in [1.54, 1.807) is 24.3 Å². The van der Waals surface area contributed by atoms with Gasteiger partial charge in [-0.1, -0.05) is 20.3 Å². The number of hydrogen-bond acceptors (Lipinski definition) is 3. The summed E-state index contributed by atoms with van der Waals surface area (Å²) in [6.45, 7) is 4.57. The van der Waals surface area contributed by atoms with Gasteiger partial charge in [-0.25, -0.2) is 0 Å². The summed E-state index contributed by atoms with van der Waals surface area (Å²) >= 11 is 0. The fraction of sp³-hybridized carbons (Fsp3) is 0.636. The summed E-state index contributed by atoms with van der Waals surface area (Å²) in [6, 6.07) is -0.415. The van der Waals surface area contributed by atoms with E-state index in [0.717, 1.165) is 12.0 Å². The van der Waals surface area contributed by atoms with E-state index in [1.165, 1.54) is 0 Å². The molecule has 0 saturated carbocycles. The Labute approximate surface area is 96.0 Å². The van der Waals surface area contributed by atoms with Crippen molar-refractivity contribution in [2.75, 3.05) is 7.05 Å². The Morgan fingerprint density at radius 2 is 2.38 bits per heavy atom. The predicted molar refractivity (Wildman–Crippen MR) is 62.5 cm³/mol. The predicted octanol–water partition coefficient (Wildman–Crippen LogP) is 0.741. The van der Waals surface area contributed by atoms with Gasteiger partial charge in [-0.05, 0) is 5.92 Å². The Balaban J connectivity index is 2.53. The SMILES string of the molecule is CCC(C)C(N)C(=O)N(C)Cc1cn[nH]c1. The zero-order chi connectivity index (χ0) is 12.1. The molecule has 0 bridgehead atoms. The first kappa shape index (κ1) is 12.7. The molecule has 0 spiro atoms. The Morgan fingerprint density at radius 1 is 1.69 bits per heavy atom. The molecular formula is C11H20N4O. The lowest BCUT2D eigenvalue weighted by Gasteiger charge is -2.24. The normalized spacial score (nSPS) is 14.5. The van der Waals surface area contributed by atoms with Crippen molar-refractivity contribution in [3.8, 4) is 0 Å². The highest BCUT2D eigenvalue weighted by atomic mass is 16.2. The van der Waals surface area contributed by atoms with Gasteiger partial charge in [0.1, 0.15) is 0 Å². The average Bonchev–Trinajstić information content (AvgIpc) is 2.78. The van der Waals surface area contributed by atoms with Crippen molar-refractivity contribution in [1.29, 1.82) is 0 Å². The van der Waals surface area contributed by atoms with E-state index in [4.69, 9.17) is 5.73 Å². The van der Waals surface area contributed by atoms with Crippen LogP contribution in [0.4, 0.5) is 0 Å². The maximum absolute atomic E-state index is 11.9. The molecule has 3 N–H and O–H groups in total. The van der Waals surface area contributed by atoms with Crippen molar-refractivity contribution in [2.45, 2.75) is 32.9 Å². The van der Waals surface area contributed by atoms with Crippen LogP contribution in [0.25, 0.3) is 0 Å². The lowest BCUT2D eigenvalue weighted by Crippen LogP contribution is -2.45. The average molecular weight is 224 g/mol. The first-order valence-electron chi connectivity index (χ1n) is 5.54. The number of aromatic amines is 1. The first-order valence-corrected chi connectivity index (χ1v) is 5.54. The quantitative estimate of drug-likeness (QED) is 0.774. The summed E-state index contributed by atoms with van der Waals surface area (Å²) in [5.41, 5.74) is 6.87. The largest absolute Gasteiger partial charge is 0.340 e. The highest BCUT2D eigenvalue weighted by molar-refractivity contribution is 5.81. The van der Waals surface area contributed by atoms with Crippen molar-refractivity contribution < 1.29 is 4.79 Å². The summed E-state index contributed by atoms with van der Waals surface area (Å²) in [5.74, 6) is 0.190. The molecule has 2 unspecified atom stereocenters. The second-order valence-corrected chi connectivity index (χ2v) is 4.21. The van der Waals surface area contributed by atoms with Gasteiger partial charge in [0, 0.05) is 25.4 Å². The first-order chi connectivity index (χ1) is 7.56. The van der Waals surface area contributed by atoms with Crippen LogP contribution < -0.4 is 5.73 Å². The van der Waals surface area contributed by atoms with Crippen molar-refractivity contribution in [2.24, 2.45) is 11.7 Å². The second kappa shape index (κ2) is 5.65. The molecule has 0 fully saturated rings.